The fourth-order valence-electron chi connectivity index (χ4n) is 3.10. The van der Waals surface area contributed by atoms with Crippen LogP contribution in [0.4, 0.5) is 13.2 Å². The molecule has 3 aromatic rings. The summed E-state index contributed by atoms with van der Waals surface area (Å²) in [5.41, 5.74) is 0.798. The van der Waals surface area contributed by atoms with Crippen molar-refractivity contribution in [3.05, 3.63) is 70.6 Å². The number of fused-ring (bicyclic) bond motifs is 1. The minimum Gasteiger partial charge on any atom is -0.477 e. The molecule has 3 rings (SSSR count). The summed E-state index contributed by atoms with van der Waals surface area (Å²) in [4.78, 5) is 15.4. The summed E-state index contributed by atoms with van der Waals surface area (Å²) < 4.78 is 41.3. The van der Waals surface area contributed by atoms with Crippen LogP contribution in [0.25, 0.3) is 17.1 Å². The van der Waals surface area contributed by atoms with Gasteiger partial charge in [-0.2, -0.15) is 18.4 Å². The van der Waals surface area contributed by atoms with E-state index < -0.39 is 23.3 Å². The number of carboxylic acid groups (broad SMARTS) is 1. The first-order valence-corrected chi connectivity index (χ1v) is 8.72. The van der Waals surface area contributed by atoms with E-state index in [0.29, 0.717) is 34.1 Å². The zero-order chi connectivity index (χ0) is 21.2. The van der Waals surface area contributed by atoms with Gasteiger partial charge in [-0.15, -0.1) is 0 Å². The van der Waals surface area contributed by atoms with Crippen LogP contribution in [0.1, 0.15) is 29.2 Å². The van der Waals surface area contributed by atoms with Crippen LogP contribution in [0.15, 0.2) is 48.3 Å². The van der Waals surface area contributed by atoms with Crippen molar-refractivity contribution in [2.75, 3.05) is 0 Å². The number of benzene rings is 1. The number of hydrogen-bond donors (Lipinski definition) is 1. The second-order valence-electron chi connectivity index (χ2n) is 6.45. The van der Waals surface area contributed by atoms with Crippen molar-refractivity contribution in [3.63, 3.8) is 0 Å². The normalized spacial score (nSPS) is 12.2. The van der Waals surface area contributed by atoms with Crippen LogP contribution in [0.2, 0.25) is 0 Å². The van der Waals surface area contributed by atoms with Crippen molar-refractivity contribution in [2.24, 2.45) is 0 Å². The molecule has 1 N–H and O–H groups in total. The van der Waals surface area contributed by atoms with E-state index in [1.165, 1.54) is 6.08 Å². The van der Waals surface area contributed by atoms with Crippen molar-refractivity contribution in [1.82, 2.24) is 9.55 Å². The van der Waals surface area contributed by atoms with Gasteiger partial charge in [0.15, 0.2) is 0 Å². The van der Waals surface area contributed by atoms with Gasteiger partial charge in [0.05, 0.1) is 5.56 Å². The molecule has 5 nitrogen and oxygen atoms in total. The fraction of sp³-hybridized carbons (Fsp3) is 0.190. The third-order valence-corrected chi connectivity index (χ3v) is 4.46. The Labute approximate surface area is 164 Å². The number of aromatic nitrogens is 2. The molecule has 0 bridgehead atoms. The lowest BCUT2D eigenvalue weighted by Crippen LogP contribution is -2.08. The maximum Gasteiger partial charge on any atom is 0.416 e. The molecule has 148 valence electrons. The molecule has 0 saturated carbocycles. The highest BCUT2D eigenvalue weighted by molar-refractivity contribution is 5.99. The van der Waals surface area contributed by atoms with E-state index in [1.807, 2.05) is 0 Å². The molecule has 1 aromatic carbocycles. The Balaban J connectivity index is 2.11. The van der Waals surface area contributed by atoms with E-state index >= 15 is 0 Å². The van der Waals surface area contributed by atoms with E-state index in [2.05, 4.69) is 4.98 Å². The van der Waals surface area contributed by atoms with E-state index in [-0.39, 0.29) is 6.54 Å². The van der Waals surface area contributed by atoms with Gasteiger partial charge in [-0.3, -0.25) is 0 Å². The van der Waals surface area contributed by atoms with E-state index in [9.17, 15) is 18.0 Å². The SMILES string of the molecule is CCc1cc(Cn2cc(/C=C(\C#N)C(=O)O)c3cccnc32)cc(C(F)(F)F)c1. The van der Waals surface area contributed by atoms with Crippen LogP contribution >= 0.6 is 0 Å². The molecular weight excluding hydrogens is 383 g/mol. The standard InChI is InChI=1S/C21H16F3N3O2/c1-2-13-6-14(8-17(7-13)21(22,23)24)11-27-12-16(9-15(10-25)20(28)29)18-4-3-5-26-19(18)27/h3-9,12H,2,11H2,1H3,(H,28,29)/b15-9+. The molecule has 0 spiro atoms. The van der Waals surface area contributed by atoms with Gasteiger partial charge in [0.1, 0.15) is 17.3 Å². The topological polar surface area (TPSA) is 78.9 Å². The quantitative estimate of drug-likeness (QED) is 0.500. The maximum atomic E-state index is 13.2. The first-order valence-electron chi connectivity index (χ1n) is 8.72. The first kappa shape index (κ1) is 20.1. The molecule has 0 aliphatic heterocycles. The highest BCUT2D eigenvalue weighted by atomic mass is 19.4. The van der Waals surface area contributed by atoms with Crippen molar-refractivity contribution < 1.29 is 23.1 Å². The summed E-state index contributed by atoms with van der Waals surface area (Å²) in [7, 11) is 0. The number of nitrogens with zero attached hydrogens (tertiary/aromatic N) is 3. The van der Waals surface area contributed by atoms with Crippen molar-refractivity contribution in [1.29, 1.82) is 5.26 Å². The van der Waals surface area contributed by atoms with Gasteiger partial charge in [-0.05, 0) is 47.9 Å². The Morgan fingerprint density at radius 2 is 2.03 bits per heavy atom. The van der Waals surface area contributed by atoms with Crippen LogP contribution < -0.4 is 0 Å². The van der Waals surface area contributed by atoms with Crippen LogP contribution in [0, 0.1) is 11.3 Å². The van der Waals surface area contributed by atoms with Gasteiger partial charge in [-0.25, -0.2) is 9.78 Å². The third-order valence-electron chi connectivity index (χ3n) is 4.46. The van der Waals surface area contributed by atoms with Crippen LogP contribution in [-0.2, 0) is 23.9 Å². The summed E-state index contributed by atoms with van der Waals surface area (Å²) in [6.45, 7) is 1.90. The fourth-order valence-corrected chi connectivity index (χ4v) is 3.10. The number of aliphatic carboxylic acids is 1. The van der Waals surface area contributed by atoms with Crippen molar-refractivity contribution >= 4 is 23.1 Å². The Hall–Kier alpha value is -3.60. The van der Waals surface area contributed by atoms with Gasteiger partial charge in [-0.1, -0.05) is 13.0 Å². The van der Waals surface area contributed by atoms with Crippen molar-refractivity contribution in [2.45, 2.75) is 26.1 Å². The van der Waals surface area contributed by atoms with E-state index in [1.54, 1.807) is 48.2 Å². The molecule has 29 heavy (non-hydrogen) atoms. The predicted molar refractivity (Wildman–Crippen MR) is 101 cm³/mol. The number of alkyl halides is 3. The number of nitriles is 1. The summed E-state index contributed by atoms with van der Waals surface area (Å²) in [6, 6.07) is 8.94. The summed E-state index contributed by atoms with van der Waals surface area (Å²) in [6.07, 6.45) is 0.363. The summed E-state index contributed by atoms with van der Waals surface area (Å²) in [5, 5.41) is 18.7. The van der Waals surface area contributed by atoms with Crippen LogP contribution in [-0.4, -0.2) is 20.6 Å². The van der Waals surface area contributed by atoms with Gasteiger partial charge in [0, 0.05) is 29.9 Å². The molecule has 0 radical (unpaired) electrons. The number of carbonyl (C=O) groups is 1. The number of carboxylic acids is 1. The lowest BCUT2D eigenvalue weighted by Gasteiger charge is -2.12. The minimum atomic E-state index is -4.45. The molecule has 0 fully saturated rings. The number of pyridine rings is 1. The Morgan fingerprint density at radius 3 is 2.66 bits per heavy atom. The third kappa shape index (κ3) is 4.29. The summed E-state index contributed by atoms with van der Waals surface area (Å²) in [5.74, 6) is -1.36. The Morgan fingerprint density at radius 1 is 1.31 bits per heavy atom. The zero-order valence-corrected chi connectivity index (χ0v) is 15.4. The number of aryl methyl sites for hydroxylation is 1. The number of halogens is 3. The maximum absolute atomic E-state index is 13.2. The molecule has 2 heterocycles. The van der Waals surface area contributed by atoms with Gasteiger partial charge >= 0.3 is 12.1 Å². The van der Waals surface area contributed by atoms with Crippen molar-refractivity contribution in [3.8, 4) is 6.07 Å². The molecule has 0 amide bonds. The average molecular weight is 399 g/mol. The summed E-state index contributed by atoms with van der Waals surface area (Å²) >= 11 is 0. The highest BCUT2D eigenvalue weighted by Gasteiger charge is 2.31. The van der Waals surface area contributed by atoms with Gasteiger partial charge < -0.3 is 9.67 Å². The number of rotatable bonds is 5. The van der Waals surface area contributed by atoms with Gasteiger partial charge in [0.2, 0.25) is 0 Å². The second kappa shape index (κ2) is 7.80. The molecule has 0 atom stereocenters. The van der Waals surface area contributed by atoms with E-state index in [4.69, 9.17) is 10.4 Å². The Bertz CT molecular complexity index is 1150. The van der Waals surface area contributed by atoms with Crippen LogP contribution in [0.5, 0.6) is 0 Å². The lowest BCUT2D eigenvalue weighted by atomic mass is 10.0. The smallest absolute Gasteiger partial charge is 0.416 e. The molecule has 0 unspecified atom stereocenters. The second-order valence-corrected chi connectivity index (χ2v) is 6.45. The van der Waals surface area contributed by atoms with E-state index in [0.717, 1.165) is 12.1 Å². The molecule has 2 aromatic heterocycles. The minimum absolute atomic E-state index is 0.118. The Kier molecular flexibility index (Phi) is 5.41. The monoisotopic (exact) mass is 399 g/mol. The number of hydrogen-bond acceptors (Lipinski definition) is 3. The first-order chi connectivity index (χ1) is 13.7. The largest absolute Gasteiger partial charge is 0.477 e. The average Bonchev–Trinajstić information content (AvgIpc) is 3.02. The van der Waals surface area contributed by atoms with Crippen LogP contribution in [0.3, 0.4) is 0 Å². The van der Waals surface area contributed by atoms with Gasteiger partial charge in [0.25, 0.3) is 0 Å². The molecular formula is C21H16F3N3O2. The molecule has 0 aliphatic rings. The highest BCUT2D eigenvalue weighted by Crippen LogP contribution is 2.31. The predicted octanol–water partition coefficient (Wildman–Crippen LogP) is 4.66. The zero-order valence-electron chi connectivity index (χ0n) is 15.4. The molecule has 0 saturated heterocycles. The lowest BCUT2D eigenvalue weighted by molar-refractivity contribution is -0.137. The molecule has 0 aliphatic carbocycles. The molecule has 8 heteroatoms.